The molecule has 1 atom stereocenters. The lowest BCUT2D eigenvalue weighted by Crippen LogP contribution is -2.47. The second-order valence-corrected chi connectivity index (χ2v) is 4.78. The molecule has 1 unspecified atom stereocenters. The second-order valence-electron chi connectivity index (χ2n) is 3.09. The highest BCUT2D eigenvalue weighted by Crippen LogP contribution is 2.07. The summed E-state index contributed by atoms with van der Waals surface area (Å²) in [4.78, 5) is 13.3. The van der Waals surface area contributed by atoms with Gasteiger partial charge in [-0.2, -0.15) is 0 Å². The highest BCUT2D eigenvalue weighted by Gasteiger charge is 2.26. The van der Waals surface area contributed by atoms with E-state index in [0.717, 1.165) is 0 Å². The maximum atomic E-state index is 11.3. The maximum Gasteiger partial charge on any atom is 0.327 e. The number of hydrogen-bond donors (Lipinski definition) is 0. The van der Waals surface area contributed by atoms with E-state index in [1.807, 2.05) is 4.90 Å². The highest BCUT2D eigenvalue weighted by atomic mass is 32.2. The lowest BCUT2D eigenvalue weighted by molar-refractivity contribution is -0.144. The van der Waals surface area contributed by atoms with Gasteiger partial charge in [-0.15, -0.1) is 6.58 Å². The van der Waals surface area contributed by atoms with Gasteiger partial charge < -0.3 is 4.74 Å². The van der Waals surface area contributed by atoms with Crippen molar-refractivity contribution in [1.29, 1.82) is 0 Å². The molecule has 0 spiro atoms. The predicted octanol–water partition coefficient (Wildman–Crippen LogP) is -0.222. The van der Waals surface area contributed by atoms with E-state index in [1.54, 1.807) is 6.08 Å². The molecular weight excluding hydrogens is 202 g/mol. The molecule has 0 amide bonds. The Balaban J connectivity index is 2.57. The monoisotopic (exact) mass is 217 g/mol. The molecule has 0 N–H and O–H groups in total. The zero-order valence-electron chi connectivity index (χ0n) is 8.27. The summed E-state index contributed by atoms with van der Waals surface area (Å²) in [5, 5.41) is 0. The smallest absolute Gasteiger partial charge is 0.327 e. The van der Waals surface area contributed by atoms with Crippen LogP contribution in [0.3, 0.4) is 0 Å². The summed E-state index contributed by atoms with van der Waals surface area (Å²) in [6, 6.07) is -0.391. The highest BCUT2D eigenvalue weighted by molar-refractivity contribution is 7.85. The molecule has 1 saturated heterocycles. The van der Waals surface area contributed by atoms with Crippen molar-refractivity contribution in [1.82, 2.24) is 4.90 Å². The minimum atomic E-state index is -0.723. The van der Waals surface area contributed by atoms with Gasteiger partial charge in [0.25, 0.3) is 0 Å². The first kappa shape index (κ1) is 11.4. The Kier molecular flexibility index (Phi) is 4.28. The van der Waals surface area contributed by atoms with E-state index < -0.39 is 16.8 Å². The van der Waals surface area contributed by atoms with Crippen molar-refractivity contribution in [2.75, 3.05) is 31.7 Å². The third-order valence-corrected chi connectivity index (χ3v) is 3.55. The van der Waals surface area contributed by atoms with Gasteiger partial charge in [-0.1, -0.05) is 6.08 Å². The van der Waals surface area contributed by atoms with Crippen molar-refractivity contribution in [3.05, 3.63) is 12.7 Å². The van der Waals surface area contributed by atoms with Crippen LogP contribution in [-0.4, -0.2) is 52.8 Å². The number of carbonyl (C=O) groups excluding carboxylic acids is 1. The fourth-order valence-corrected chi connectivity index (χ4v) is 2.53. The number of esters is 1. The zero-order valence-corrected chi connectivity index (χ0v) is 9.09. The lowest BCUT2D eigenvalue weighted by Gasteiger charge is -2.30. The average molecular weight is 217 g/mol. The van der Waals surface area contributed by atoms with Gasteiger partial charge in [0.05, 0.1) is 7.11 Å². The van der Waals surface area contributed by atoms with E-state index in [4.69, 9.17) is 0 Å². The third-order valence-electron chi connectivity index (χ3n) is 2.27. The molecule has 4 nitrogen and oxygen atoms in total. The molecule has 0 saturated carbocycles. The molecule has 0 aromatic carbocycles. The first-order chi connectivity index (χ1) is 6.69. The molecule has 1 aliphatic rings. The van der Waals surface area contributed by atoms with Gasteiger partial charge in [0.1, 0.15) is 6.04 Å². The quantitative estimate of drug-likeness (QED) is 0.484. The first-order valence-electron chi connectivity index (χ1n) is 4.48. The normalized spacial score (nSPS) is 21.5. The van der Waals surface area contributed by atoms with Gasteiger partial charge >= 0.3 is 5.97 Å². The van der Waals surface area contributed by atoms with E-state index in [2.05, 4.69) is 11.3 Å². The number of nitrogens with zero attached hydrogens (tertiary/aromatic N) is 1. The number of methoxy groups -OCH3 is 1. The fraction of sp³-hybridized carbons (Fsp3) is 0.667. The van der Waals surface area contributed by atoms with Gasteiger partial charge in [0, 0.05) is 35.4 Å². The van der Waals surface area contributed by atoms with Crippen LogP contribution in [0.5, 0.6) is 0 Å². The largest absolute Gasteiger partial charge is 0.468 e. The van der Waals surface area contributed by atoms with Crippen LogP contribution >= 0.6 is 0 Å². The van der Waals surface area contributed by atoms with Crippen molar-refractivity contribution in [3.8, 4) is 0 Å². The van der Waals surface area contributed by atoms with Crippen molar-refractivity contribution in [2.45, 2.75) is 6.04 Å². The van der Waals surface area contributed by atoms with Gasteiger partial charge in [0.15, 0.2) is 0 Å². The van der Waals surface area contributed by atoms with E-state index in [0.29, 0.717) is 24.6 Å². The molecular formula is C9H15NO3S. The molecule has 1 fully saturated rings. The van der Waals surface area contributed by atoms with E-state index in [1.165, 1.54) is 7.11 Å². The van der Waals surface area contributed by atoms with Crippen molar-refractivity contribution in [3.63, 3.8) is 0 Å². The Labute approximate surface area is 86.4 Å². The number of carbonyl (C=O) groups is 1. The van der Waals surface area contributed by atoms with Crippen LogP contribution in [0.15, 0.2) is 12.7 Å². The molecule has 5 heteroatoms. The summed E-state index contributed by atoms with van der Waals surface area (Å²) in [5.41, 5.74) is 0. The molecule has 0 aliphatic carbocycles. The summed E-state index contributed by atoms with van der Waals surface area (Å²) in [7, 11) is 0.639. The topological polar surface area (TPSA) is 46.6 Å². The van der Waals surface area contributed by atoms with Crippen LogP contribution < -0.4 is 0 Å². The van der Waals surface area contributed by atoms with Gasteiger partial charge in [0.2, 0.25) is 0 Å². The summed E-state index contributed by atoms with van der Waals surface area (Å²) in [6.07, 6.45) is 1.57. The number of hydrogen-bond acceptors (Lipinski definition) is 4. The minimum absolute atomic E-state index is 0.298. The molecule has 80 valence electrons. The molecule has 1 heterocycles. The summed E-state index contributed by atoms with van der Waals surface area (Å²) < 4.78 is 15.8. The Morgan fingerprint density at radius 1 is 1.57 bits per heavy atom. The summed E-state index contributed by atoms with van der Waals surface area (Å²) in [6.45, 7) is 4.94. The van der Waals surface area contributed by atoms with Crippen LogP contribution in [0.2, 0.25) is 0 Å². The van der Waals surface area contributed by atoms with Gasteiger partial charge in [-0.25, -0.2) is 0 Å². The molecule has 0 aromatic heterocycles. The SMILES string of the molecule is C=CC(C(=O)OC)N1CCS(=O)CC1. The maximum absolute atomic E-state index is 11.3. The van der Waals surface area contributed by atoms with Gasteiger partial charge in [-0.05, 0) is 0 Å². The summed E-state index contributed by atoms with van der Waals surface area (Å²) >= 11 is 0. The zero-order chi connectivity index (χ0) is 10.6. The van der Waals surface area contributed by atoms with Crippen molar-refractivity contribution < 1.29 is 13.7 Å². The Morgan fingerprint density at radius 3 is 2.57 bits per heavy atom. The van der Waals surface area contributed by atoms with E-state index >= 15 is 0 Å². The second kappa shape index (κ2) is 5.26. The Bertz CT molecular complexity index is 244. The number of rotatable bonds is 3. The molecule has 1 rings (SSSR count). The Morgan fingerprint density at radius 2 is 2.14 bits per heavy atom. The first-order valence-corrected chi connectivity index (χ1v) is 5.97. The lowest BCUT2D eigenvalue weighted by atomic mass is 10.2. The average Bonchev–Trinajstić information content (AvgIpc) is 2.21. The number of ether oxygens (including phenoxy) is 1. The fourth-order valence-electron chi connectivity index (χ4n) is 1.45. The van der Waals surface area contributed by atoms with Crippen LogP contribution in [0, 0.1) is 0 Å². The van der Waals surface area contributed by atoms with Crippen LogP contribution in [-0.2, 0) is 20.3 Å². The Hall–Kier alpha value is -0.680. The molecule has 0 radical (unpaired) electrons. The standard InChI is InChI=1S/C9H15NO3S/c1-3-8(9(11)13-2)10-4-6-14(12)7-5-10/h3,8H,1,4-7H2,2H3. The van der Waals surface area contributed by atoms with Crippen LogP contribution in [0.4, 0.5) is 0 Å². The van der Waals surface area contributed by atoms with Crippen molar-refractivity contribution in [2.24, 2.45) is 0 Å². The van der Waals surface area contributed by atoms with E-state index in [-0.39, 0.29) is 5.97 Å². The molecule has 1 aliphatic heterocycles. The van der Waals surface area contributed by atoms with Crippen LogP contribution in [0.1, 0.15) is 0 Å². The molecule has 0 aromatic rings. The van der Waals surface area contributed by atoms with E-state index in [9.17, 15) is 9.00 Å². The molecule has 0 bridgehead atoms. The van der Waals surface area contributed by atoms with Crippen molar-refractivity contribution >= 4 is 16.8 Å². The third kappa shape index (κ3) is 2.65. The van der Waals surface area contributed by atoms with Gasteiger partial charge in [-0.3, -0.25) is 13.9 Å². The predicted molar refractivity (Wildman–Crippen MR) is 55.5 cm³/mol. The molecule has 14 heavy (non-hydrogen) atoms. The van der Waals surface area contributed by atoms with Crippen LogP contribution in [0.25, 0.3) is 0 Å². The minimum Gasteiger partial charge on any atom is -0.468 e. The summed E-state index contributed by atoms with van der Waals surface area (Å²) in [5.74, 6) is 0.954.